The van der Waals surface area contributed by atoms with Crippen LogP contribution in [0.4, 0.5) is 11.4 Å². The number of sulfonamides is 2. The van der Waals surface area contributed by atoms with Gasteiger partial charge >= 0.3 is 0 Å². The Morgan fingerprint density at radius 2 is 1.52 bits per heavy atom. The maximum absolute atomic E-state index is 12.7. The zero-order chi connectivity index (χ0) is 24.2. The summed E-state index contributed by atoms with van der Waals surface area (Å²) in [6.07, 6.45) is 1.06. The van der Waals surface area contributed by atoms with E-state index in [4.69, 9.17) is 0 Å². The molecule has 0 saturated heterocycles. The number of anilines is 2. The first-order valence-corrected chi connectivity index (χ1v) is 13.4. The largest absolute Gasteiger partial charge is 0.346 e. The third-order valence-electron chi connectivity index (χ3n) is 4.85. The zero-order valence-electron chi connectivity index (χ0n) is 18.4. The standard InChI is InChI=1S/C23H25N3O5S2/c1-16-7-4-5-10-22(16)26-33(30,31)21-13-11-18(12-14-21)23(27)24-17(2)19-8-6-9-20(15-19)25-32(3,28)29/h4-15,17,25-26H,1-3H3,(H,24,27). The first kappa shape index (κ1) is 24.3. The van der Waals surface area contributed by atoms with E-state index >= 15 is 0 Å². The van der Waals surface area contributed by atoms with Crippen LogP contribution in [0.2, 0.25) is 0 Å². The molecule has 0 saturated carbocycles. The van der Waals surface area contributed by atoms with E-state index in [1.165, 1.54) is 24.3 Å². The van der Waals surface area contributed by atoms with Crippen molar-refractivity contribution in [1.82, 2.24) is 5.32 Å². The second-order valence-corrected chi connectivity index (χ2v) is 11.1. The maximum atomic E-state index is 12.7. The Balaban J connectivity index is 1.70. The number of aryl methyl sites for hydroxylation is 1. The van der Waals surface area contributed by atoms with Crippen LogP contribution >= 0.6 is 0 Å². The average molecular weight is 488 g/mol. The van der Waals surface area contributed by atoms with Crippen molar-refractivity contribution in [2.75, 3.05) is 15.7 Å². The molecule has 0 aromatic heterocycles. The third kappa shape index (κ3) is 6.56. The molecule has 0 heterocycles. The number of hydrogen-bond donors (Lipinski definition) is 3. The van der Waals surface area contributed by atoms with Crippen LogP contribution in [0.15, 0.2) is 77.7 Å². The summed E-state index contributed by atoms with van der Waals surface area (Å²) in [7, 11) is -7.22. The van der Waals surface area contributed by atoms with E-state index in [1.54, 1.807) is 56.3 Å². The van der Waals surface area contributed by atoms with Crippen LogP contribution in [0, 0.1) is 6.92 Å². The summed E-state index contributed by atoms with van der Waals surface area (Å²) < 4.78 is 53.2. The molecule has 0 aliphatic rings. The zero-order valence-corrected chi connectivity index (χ0v) is 20.0. The minimum Gasteiger partial charge on any atom is -0.346 e. The van der Waals surface area contributed by atoms with E-state index < -0.39 is 26.1 Å². The highest BCUT2D eigenvalue weighted by molar-refractivity contribution is 7.92. The summed E-state index contributed by atoms with van der Waals surface area (Å²) >= 11 is 0. The predicted molar refractivity (Wildman–Crippen MR) is 129 cm³/mol. The molecule has 3 N–H and O–H groups in total. The topological polar surface area (TPSA) is 121 Å². The quantitative estimate of drug-likeness (QED) is 0.448. The number of carbonyl (C=O) groups is 1. The van der Waals surface area contributed by atoms with Crippen molar-refractivity contribution in [2.24, 2.45) is 0 Å². The second kappa shape index (κ2) is 9.63. The lowest BCUT2D eigenvalue weighted by molar-refractivity contribution is 0.0939. The third-order valence-corrected chi connectivity index (χ3v) is 6.84. The van der Waals surface area contributed by atoms with Gasteiger partial charge in [0.1, 0.15) is 0 Å². The van der Waals surface area contributed by atoms with Crippen molar-refractivity contribution in [3.63, 3.8) is 0 Å². The van der Waals surface area contributed by atoms with E-state index in [-0.39, 0.29) is 10.8 Å². The van der Waals surface area contributed by atoms with Gasteiger partial charge in [0, 0.05) is 11.3 Å². The molecule has 0 fully saturated rings. The molecule has 0 bridgehead atoms. The number of benzene rings is 3. The van der Waals surface area contributed by atoms with Crippen molar-refractivity contribution in [2.45, 2.75) is 24.8 Å². The molecule has 1 amide bonds. The minimum atomic E-state index is -3.80. The highest BCUT2D eigenvalue weighted by atomic mass is 32.2. The van der Waals surface area contributed by atoms with Gasteiger partial charge in [0.05, 0.1) is 22.9 Å². The van der Waals surface area contributed by atoms with Gasteiger partial charge in [-0.15, -0.1) is 0 Å². The summed E-state index contributed by atoms with van der Waals surface area (Å²) in [5.74, 6) is -0.389. The smallest absolute Gasteiger partial charge is 0.261 e. The lowest BCUT2D eigenvalue weighted by Crippen LogP contribution is -2.26. The lowest BCUT2D eigenvalue weighted by Gasteiger charge is -2.16. The fourth-order valence-corrected chi connectivity index (χ4v) is 4.81. The van der Waals surface area contributed by atoms with Crippen LogP contribution in [0.25, 0.3) is 0 Å². The molecule has 33 heavy (non-hydrogen) atoms. The molecule has 0 radical (unpaired) electrons. The van der Waals surface area contributed by atoms with E-state index in [1.807, 2.05) is 6.07 Å². The molecule has 10 heteroatoms. The Morgan fingerprint density at radius 3 is 2.15 bits per heavy atom. The van der Waals surface area contributed by atoms with Gasteiger partial charge in [0.15, 0.2) is 0 Å². The van der Waals surface area contributed by atoms with E-state index in [0.717, 1.165) is 11.8 Å². The average Bonchev–Trinajstić information content (AvgIpc) is 2.74. The molecule has 0 aliphatic carbocycles. The molecular weight excluding hydrogens is 462 g/mol. The summed E-state index contributed by atoms with van der Waals surface area (Å²) in [5, 5.41) is 2.83. The Bertz CT molecular complexity index is 1370. The van der Waals surface area contributed by atoms with Crippen LogP contribution in [-0.2, 0) is 20.0 Å². The number of hydrogen-bond acceptors (Lipinski definition) is 5. The highest BCUT2D eigenvalue weighted by Gasteiger charge is 2.17. The number of nitrogens with one attached hydrogen (secondary N) is 3. The summed E-state index contributed by atoms with van der Waals surface area (Å²) in [6, 6.07) is 19.0. The molecule has 1 atom stereocenters. The fourth-order valence-electron chi connectivity index (χ4n) is 3.13. The monoisotopic (exact) mass is 487 g/mol. The Kier molecular flexibility index (Phi) is 7.09. The molecule has 8 nitrogen and oxygen atoms in total. The van der Waals surface area contributed by atoms with Crippen LogP contribution in [0.3, 0.4) is 0 Å². The van der Waals surface area contributed by atoms with Gasteiger partial charge in [-0.2, -0.15) is 0 Å². The Labute approximate surface area is 194 Å². The maximum Gasteiger partial charge on any atom is 0.261 e. The molecule has 0 aliphatic heterocycles. The molecule has 3 aromatic rings. The van der Waals surface area contributed by atoms with Crippen molar-refractivity contribution in [3.05, 3.63) is 89.5 Å². The predicted octanol–water partition coefficient (Wildman–Crippen LogP) is 3.66. The summed E-state index contributed by atoms with van der Waals surface area (Å²) in [6.45, 7) is 3.57. The van der Waals surface area contributed by atoms with Gasteiger partial charge in [-0.3, -0.25) is 14.2 Å². The van der Waals surface area contributed by atoms with E-state index in [2.05, 4.69) is 14.8 Å². The van der Waals surface area contributed by atoms with Crippen molar-refractivity contribution in [3.8, 4) is 0 Å². The Hall–Kier alpha value is -3.37. The van der Waals surface area contributed by atoms with Crippen molar-refractivity contribution < 1.29 is 21.6 Å². The van der Waals surface area contributed by atoms with Gasteiger partial charge in [-0.05, 0) is 67.4 Å². The Morgan fingerprint density at radius 1 is 0.848 bits per heavy atom. The fraction of sp³-hybridized carbons (Fsp3) is 0.174. The van der Waals surface area contributed by atoms with Gasteiger partial charge in [0.2, 0.25) is 10.0 Å². The van der Waals surface area contributed by atoms with Crippen molar-refractivity contribution in [1.29, 1.82) is 0 Å². The van der Waals surface area contributed by atoms with Crippen LogP contribution < -0.4 is 14.8 Å². The second-order valence-electron chi connectivity index (χ2n) is 7.64. The van der Waals surface area contributed by atoms with Crippen LogP contribution in [-0.4, -0.2) is 29.0 Å². The lowest BCUT2D eigenvalue weighted by atomic mass is 10.1. The van der Waals surface area contributed by atoms with Crippen molar-refractivity contribution >= 4 is 37.3 Å². The molecule has 3 aromatic carbocycles. The first-order valence-electron chi connectivity index (χ1n) is 10.0. The van der Waals surface area contributed by atoms with Crippen LogP contribution in [0.5, 0.6) is 0 Å². The number of para-hydroxylation sites is 1. The highest BCUT2D eigenvalue weighted by Crippen LogP contribution is 2.21. The molecule has 3 rings (SSSR count). The summed E-state index contributed by atoms with van der Waals surface area (Å²) in [5.41, 5.74) is 2.68. The number of rotatable bonds is 8. The van der Waals surface area contributed by atoms with Crippen LogP contribution in [0.1, 0.15) is 34.5 Å². The number of amides is 1. The SMILES string of the molecule is Cc1ccccc1NS(=O)(=O)c1ccc(C(=O)NC(C)c2cccc(NS(C)(=O)=O)c2)cc1. The minimum absolute atomic E-state index is 0.0369. The van der Waals surface area contributed by atoms with E-state index in [0.29, 0.717) is 22.5 Å². The number of carbonyl (C=O) groups excluding carboxylic acids is 1. The van der Waals surface area contributed by atoms with Gasteiger partial charge in [0.25, 0.3) is 15.9 Å². The normalized spacial score (nSPS) is 12.6. The molecule has 0 spiro atoms. The van der Waals surface area contributed by atoms with Gasteiger partial charge in [-0.1, -0.05) is 30.3 Å². The molecule has 1 unspecified atom stereocenters. The van der Waals surface area contributed by atoms with Gasteiger partial charge < -0.3 is 5.32 Å². The van der Waals surface area contributed by atoms with Gasteiger partial charge in [-0.25, -0.2) is 16.8 Å². The first-order chi connectivity index (χ1) is 15.4. The van der Waals surface area contributed by atoms with E-state index in [9.17, 15) is 21.6 Å². The summed E-state index contributed by atoms with van der Waals surface area (Å²) in [4.78, 5) is 12.7. The molecule has 174 valence electrons. The molecular formula is C23H25N3O5S2.